The first-order valence-corrected chi connectivity index (χ1v) is 9.96. The number of morpholine rings is 1. The molecule has 3 rings (SSSR count). The van der Waals surface area contributed by atoms with E-state index in [2.05, 4.69) is 5.32 Å². The third-order valence-electron chi connectivity index (χ3n) is 4.17. The van der Waals surface area contributed by atoms with E-state index in [1.165, 1.54) is 9.21 Å². The topological polar surface area (TPSA) is 105 Å². The lowest BCUT2D eigenvalue weighted by Gasteiger charge is -2.25. The van der Waals surface area contributed by atoms with Gasteiger partial charge in [0.25, 0.3) is 0 Å². The smallest absolute Gasteiger partial charge is 0.414 e. The summed E-state index contributed by atoms with van der Waals surface area (Å²) >= 11 is 0. The van der Waals surface area contributed by atoms with Gasteiger partial charge in [0.2, 0.25) is 15.9 Å². The molecule has 2 amide bonds. The minimum Gasteiger partial charge on any atom is -0.447 e. The summed E-state index contributed by atoms with van der Waals surface area (Å²) in [4.78, 5) is 25.0. The normalized spacial score (nSPS) is 18.6. The van der Waals surface area contributed by atoms with E-state index in [-0.39, 0.29) is 18.1 Å². The molecule has 26 heavy (non-hydrogen) atoms. The number of cyclic esters (lactones) is 1. The number of amides is 2. The lowest BCUT2D eigenvalue weighted by molar-refractivity contribution is -0.115. The van der Waals surface area contributed by atoms with Gasteiger partial charge >= 0.3 is 6.09 Å². The van der Waals surface area contributed by atoms with E-state index in [1.807, 2.05) is 0 Å². The van der Waals surface area contributed by atoms with Crippen molar-refractivity contribution in [2.75, 3.05) is 55.4 Å². The van der Waals surface area contributed by atoms with Crippen LogP contribution < -0.4 is 10.2 Å². The van der Waals surface area contributed by atoms with E-state index in [1.54, 1.807) is 24.3 Å². The highest BCUT2D eigenvalue weighted by molar-refractivity contribution is 7.89. The molecule has 0 bridgehead atoms. The molecule has 1 aromatic carbocycles. The second-order valence-corrected chi connectivity index (χ2v) is 8.03. The summed E-state index contributed by atoms with van der Waals surface area (Å²) < 4.78 is 35.8. The Balaban J connectivity index is 1.50. The van der Waals surface area contributed by atoms with Crippen LogP contribution in [0.3, 0.4) is 0 Å². The summed E-state index contributed by atoms with van der Waals surface area (Å²) in [7, 11) is -3.46. The summed E-state index contributed by atoms with van der Waals surface area (Å²) in [6, 6.07) is 6.73. The molecule has 1 N–H and O–H groups in total. The van der Waals surface area contributed by atoms with E-state index < -0.39 is 16.1 Å². The zero-order valence-corrected chi connectivity index (χ0v) is 15.0. The first-order valence-electron chi connectivity index (χ1n) is 8.35. The molecule has 142 valence electrons. The second-order valence-electron chi connectivity index (χ2n) is 5.94. The van der Waals surface area contributed by atoms with Crippen LogP contribution in [0.25, 0.3) is 0 Å². The predicted molar refractivity (Wildman–Crippen MR) is 94.6 cm³/mol. The molecule has 0 atom stereocenters. The summed E-state index contributed by atoms with van der Waals surface area (Å²) in [6.07, 6.45) is -0.519. The molecule has 0 saturated carbocycles. The van der Waals surface area contributed by atoms with Crippen LogP contribution in [0.2, 0.25) is 0 Å². The van der Waals surface area contributed by atoms with Crippen LogP contribution in [-0.4, -0.2) is 69.9 Å². The zero-order valence-electron chi connectivity index (χ0n) is 14.2. The number of ether oxygens (including phenoxy) is 2. The Labute approximate surface area is 151 Å². The second kappa shape index (κ2) is 8.02. The molecule has 2 saturated heterocycles. The number of hydrogen-bond donors (Lipinski definition) is 1. The maximum atomic E-state index is 12.2. The summed E-state index contributed by atoms with van der Waals surface area (Å²) in [6.45, 7) is 2.25. The van der Waals surface area contributed by atoms with Crippen molar-refractivity contribution in [1.82, 2.24) is 4.31 Å². The lowest BCUT2D eigenvalue weighted by Crippen LogP contribution is -2.42. The average molecular weight is 383 g/mol. The maximum absolute atomic E-state index is 12.2. The maximum Gasteiger partial charge on any atom is 0.414 e. The molecule has 10 heteroatoms. The fraction of sp³-hybridized carbons (Fsp3) is 0.500. The van der Waals surface area contributed by atoms with E-state index >= 15 is 0 Å². The Morgan fingerprint density at radius 2 is 1.77 bits per heavy atom. The van der Waals surface area contributed by atoms with Gasteiger partial charge in [0.1, 0.15) is 6.61 Å². The number of benzene rings is 1. The van der Waals surface area contributed by atoms with Gasteiger partial charge in [-0.1, -0.05) is 0 Å². The Bertz CT molecular complexity index is 759. The summed E-state index contributed by atoms with van der Waals surface area (Å²) in [5.74, 6) is -0.619. The molecule has 0 aromatic heterocycles. The molecular formula is C16H21N3O6S. The van der Waals surface area contributed by atoms with Gasteiger partial charge < -0.3 is 14.8 Å². The molecule has 2 fully saturated rings. The first kappa shape index (κ1) is 18.6. The highest BCUT2D eigenvalue weighted by Crippen LogP contribution is 2.21. The molecule has 2 aliphatic heterocycles. The number of carbonyl (C=O) groups is 2. The van der Waals surface area contributed by atoms with Gasteiger partial charge in [0.05, 0.1) is 25.5 Å². The van der Waals surface area contributed by atoms with Gasteiger partial charge in [-0.25, -0.2) is 13.2 Å². The standard InChI is InChI=1S/C16H21N3O6S/c20-15(5-12-26(22,23)18-6-9-24-10-7-18)17-13-1-3-14(4-2-13)19-8-11-25-16(19)21/h1-4H,5-12H2,(H,17,20). The van der Waals surface area contributed by atoms with Gasteiger partial charge in [-0.05, 0) is 24.3 Å². The van der Waals surface area contributed by atoms with Crippen LogP contribution in [0.4, 0.5) is 16.2 Å². The Hall–Kier alpha value is -2.17. The minimum atomic E-state index is -3.46. The number of carbonyl (C=O) groups excluding carboxylic acids is 2. The fourth-order valence-electron chi connectivity index (χ4n) is 2.75. The minimum absolute atomic E-state index is 0.125. The summed E-state index contributed by atoms with van der Waals surface area (Å²) in [5, 5.41) is 2.67. The van der Waals surface area contributed by atoms with Crippen LogP contribution >= 0.6 is 0 Å². The highest BCUT2D eigenvalue weighted by atomic mass is 32.2. The van der Waals surface area contributed by atoms with Crippen molar-refractivity contribution in [2.24, 2.45) is 0 Å². The van der Waals surface area contributed by atoms with Crippen molar-refractivity contribution in [2.45, 2.75) is 6.42 Å². The molecule has 0 unspecified atom stereocenters. The van der Waals surface area contributed by atoms with Crippen molar-refractivity contribution in [3.8, 4) is 0 Å². The molecule has 9 nitrogen and oxygen atoms in total. The van der Waals surface area contributed by atoms with Crippen molar-refractivity contribution >= 4 is 33.4 Å². The SMILES string of the molecule is O=C(CCS(=O)(=O)N1CCOCC1)Nc1ccc(N2CCOC2=O)cc1. The number of rotatable bonds is 6. The molecular weight excluding hydrogens is 362 g/mol. The Kier molecular flexibility index (Phi) is 5.74. The Morgan fingerprint density at radius 3 is 2.38 bits per heavy atom. The molecule has 2 aliphatic rings. The Morgan fingerprint density at radius 1 is 1.08 bits per heavy atom. The van der Waals surface area contributed by atoms with Gasteiger partial charge in [-0.3, -0.25) is 9.69 Å². The molecule has 0 radical (unpaired) electrons. The number of nitrogens with one attached hydrogen (secondary N) is 1. The molecule has 0 spiro atoms. The van der Waals surface area contributed by atoms with Gasteiger partial charge in [0, 0.05) is 30.9 Å². The highest BCUT2D eigenvalue weighted by Gasteiger charge is 2.25. The van der Waals surface area contributed by atoms with Crippen molar-refractivity contribution in [3.63, 3.8) is 0 Å². The molecule has 1 aromatic rings. The number of anilines is 2. The zero-order chi connectivity index (χ0) is 18.6. The third-order valence-corrected chi connectivity index (χ3v) is 6.05. The average Bonchev–Trinajstić information content (AvgIpc) is 3.07. The van der Waals surface area contributed by atoms with Crippen LogP contribution in [0.1, 0.15) is 6.42 Å². The predicted octanol–water partition coefficient (Wildman–Crippen LogP) is 0.634. The first-order chi connectivity index (χ1) is 12.5. The number of nitrogens with zero attached hydrogens (tertiary/aromatic N) is 2. The van der Waals surface area contributed by atoms with Crippen molar-refractivity contribution in [1.29, 1.82) is 0 Å². The fourth-order valence-corrected chi connectivity index (χ4v) is 4.16. The van der Waals surface area contributed by atoms with E-state index in [4.69, 9.17) is 9.47 Å². The molecule has 0 aliphatic carbocycles. The van der Waals surface area contributed by atoms with Gasteiger partial charge in [0.15, 0.2) is 0 Å². The van der Waals surface area contributed by atoms with Crippen LogP contribution in [0, 0.1) is 0 Å². The lowest BCUT2D eigenvalue weighted by atomic mass is 10.2. The monoisotopic (exact) mass is 383 g/mol. The van der Waals surface area contributed by atoms with Crippen LogP contribution in [0.5, 0.6) is 0 Å². The van der Waals surface area contributed by atoms with Crippen LogP contribution in [-0.2, 0) is 24.3 Å². The van der Waals surface area contributed by atoms with Crippen LogP contribution in [0.15, 0.2) is 24.3 Å². The van der Waals surface area contributed by atoms with E-state index in [9.17, 15) is 18.0 Å². The van der Waals surface area contributed by atoms with E-state index in [0.29, 0.717) is 50.8 Å². The third kappa shape index (κ3) is 4.51. The summed E-state index contributed by atoms with van der Waals surface area (Å²) in [5.41, 5.74) is 1.22. The van der Waals surface area contributed by atoms with E-state index in [0.717, 1.165) is 0 Å². The number of sulfonamides is 1. The van der Waals surface area contributed by atoms with Gasteiger partial charge in [-0.2, -0.15) is 4.31 Å². The van der Waals surface area contributed by atoms with Crippen molar-refractivity contribution < 1.29 is 27.5 Å². The quantitative estimate of drug-likeness (QED) is 0.773. The van der Waals surface area contributed by atoms with Crippen molar-refractivity contribution in [3.05, 3.63) is 24.3 Å². The largest absolute Gasteiger partial charge is 0.447 e. The van der Waals surface area contributed by atoms with Gasteiger partial charge in [-0.15, -0.1) is 0 Å². The molecule has 2 heterocycles. The number of hydrogen-bond acceptors (Lipinski definition) is 6.